The van der Waals surface area contributed by atoms with E-state index < -0.39 is 5.97 Å². The highest BCUT2D eigenvalue weighted by Gasteiger charge is 2.34. The molecule has 2 aromatic rings. The molecule has 4 rings (SSSR count). The van der Waals surface area contributed by atoms with Gasteiger partial charge in [0.05, 0.1) is 25.8 Å². The van der Waals surface area contributed by atoms with Crippen molar-refractivity contribution in [3.8, 4) is 11.5 Å². The number of ketones is 1. The second-order valence-corrected chi connectivity index (χ2v) is 12.0. The zero-order valence-corrected chi connectivity index (χ0v) is 23.5. The molecular weight excluding hydrogens is 494 g/mol. The van der Waals surface area contributed by atoms with Crippen molar-refractivity contribution in [3.05, 3.63) is 53.6 Å². The molecule has 0 radical (unpaired) electrons. The molecule has 7 nitrogen and oxygen atoms in total. The summed E-state index contributed by atoms with van der Waals surface area (Å²) in [6.45, 7) is 6.27. The summed E-state index contributed by atoms with van der Waals surface area (Å²) >= 11 is 0. The molecule has 0 spiro atoms. The van der Waals surface area contributed by atoms with E-state index in [1.54, 1.807) is 7.11 Å². The van der Waals surface area contributed by atoms with Gasteiger partial charge in [-0.2, -0.15) is 0 Å². The Morgan fingerprint density at radius 2 is 1.79 bits per heavy atom. The third kappa shape index (κ3) is 7.98. The molecule has 1 aliphatic heterocycles. The highest BCUT2D eigenvalue weighted by Crippen LogP contribution is 2.45. The number of anilines is 1. The van der Waals surface area contributed by atoms with Gasteiger partial charge in [-0.1, -0.05) is 26.0 Å². The zero-order chi connectivity index (χ0) is 28.0. The minimum Gasteiger partial charge on any atom is -0.497 e. The minimum absolute atomic E-state index is 0.0546. The number of rotatable bonds is 14. The van der Waals surface area contributed by atoms with Gasteiger partial charge in [0, 0.05) is 37.7 Å². The monoisotopic (exact) mass is 537 g/mol. The van der Waals surface area contributed by atoms with Crippen LogP contribution in [0.5, 0.6) is 11.5 Å². The number of carbonyl (C=O) groups is 2. The maximum absolute atomic E-state index is 13.2. The van der Waals surface area contributed by atoms with Gasteiger partial charge >= 0.3 is 5.97 Å². The van der Waals surface area contributed by atoms with Crippen molar-refractivity contribution in [1.29, 1.82) is 0 Å². The molecule has 1 aliphatic carbocycles. The first-order valence-corrected chi connectivity index (χ1v) is 14.2. The van der Waals surface area contributed by atoms with Crippen LogP contribution >= 0.6 is 0 Å². The number of benzene rings is 2. The number of piperidine rings is 1. The molecule has 0 amide bonds. The van der Waals surface area contributed by atoms with Crippen molar-refractivity contribution in [2.24, 2.45) is 17.3 Å². The second kappa shape index (κ2) is 12.9. The summed E-state index contributed by atoms with van der Waals surface area (Å²) in [4.78, 5) is 26.8. The van der Waals surface area contributed by atoms with Crippen molar-refractivity contribution in [3.63, 3.8) is 0 Å². The molecule has 0 bridgehead atoms. The molecule has 2 fully saturated rings. The molecule has 2 aliphatic rings. The predicted molar refractivity (Wildman–Crippen MR) is 152 cm³/mol. The Hall–Kier alpha value is -3.06. The van der Waals surface area contributed by atoms with Crippen molar-refractivity contribution in [2.75, 3.05) is 38.3 Å². The van der Waals surface area contributed by atoms with E-state index in [2.05, 4.69) is 4.90 Å². The van der Waals surface area contributed by atoms with E-state index in [1.807, 2.05) is 56.3 Å². The number of carboxylic acids is 1. The fourth-order valence-corrected chi connectivity index (χ4v) is 5.43. The van der Waals surface area contributed by atoms with Gasteiger partial charge in [0.2, 0.25) is 0 Å². The smallest absolute Gasteiger partial charge is 0.303 e. The molecule has 1 saturated heterocycles. The SMILES string of the molecule is COc1ccc(C(=O)CCC(C)(C)CO)c(N2CCC(COc3cccc(C(CC(=O)O)C4CC4)c3)CC2)c1. The summed E-state index contributed by atoms with van der Waals surface area (Å²) in [5.41, 5.74) is 2.40. The average Bonchev–Trinajstić information content (AvgIpc) is 3.79. The molecule has 1 unspecified atom stereocenters. The topological polar surface area (TPSA) is 96.3 Å². The van der Waals surface area contributed by atoms with Crippen LogP contribution in [0.1, 0.15) is 80.6 Å². The Morgan fingerprint density at radius 1 is 1.05 bits per heavy atom. The van der Waals surface area contributed by atoms with Gasteiger partial charge in [0.1, 0.15) is 11.5 Å². The van der Waals surface area contributed by atoms with E-state index in [9.17, 15) is 19.8 Å². The molecule has 1 saturated carbocycles. The Morgan fingerprint density at radius 3 is 2.44 bits per heavy atom. The molecule has 1 heterocycles. The minimum atomic E-state index is -0.750. The molecule has 2 aromatic carbocycles. The molecule has 39 heavy (non-hydrogen) atoms. The van der Waals surface area contributed by atoms with E-state index in [-0.39, 0.29) is 30.1 Å². The lowest BCUT2D eigenvalue weighted by molar-refractivity contribution is -0.137. The van der Waals surface area contributed by atoms with E-state index in [0.717, 1.165) is 61.5 Å². The van der Waals surface area contributed by atoms with E-state index in [0.29, 0.717) is 36.8 Å². The van der Waals surface area contributed by atoms with Crippen LogP contribution in [0.25, 0.3) is 0 Å². The number of aliphatic carboxylic acids is 1. The summed E-state index contributed by atoms with van der Waals surface area (Å²) in [5.74, 6) is 1.80. The molecular formula is C32H43NO6. The molecule has 2 N–H and O–H groups in total. The van der Waals surface area contributed by atoms with Crippen molar-refractivity contribution in [2.45, 2.75) is 64.7 Å². The maximum Gasteiger partial charge on any atom is 0.303 e. The lowest BCUT2D eigenvalue weighted by Gasteiger charge is -2.34. The third-order valence-electron chi connectivity index (χ3n) is 8.27. The maximum atomic E-state index is 13.2. The van der Waals surface area contributed by atoms with E-state index in [4.69, 9.17) is 9.47 Å². The van der Waals surface area contributed by atoms with Gasteiger partial charge in [0.25, 0.3) is 0 Å². The quantitative estimate of drug-likeness (QED) is 0.288. The number of aliphatic hydroxyl groups is 1. The number of hydrogen-bond acceptors (Lipinski definition) is 6. The van der Waals surface area contributed by atoms with E-state index in [1.165, 1.54) is 0 Å². The summed E-state index contributed by atoms with van der Waals surface area (Å²) < 4.78 is 11.7. The number of nitrogens with zero attached hydrogens (tertiary/aromatic N) is 1. The number of aliphatic hydroxyl groups excluding tert-OH is 1. The van der Waals surface area contributed by atoms with Gasteiger partial charge in [-0.05, 0) is 85.1 Å². The van der Waals surface area contributed by atoms with Gasteiger partial charge in [-0.3, -0.25) is 9.59 Å². The number of hydrogen-bond donors (Lipinski definition) is 2. The van der Waals surface area contributed by atoms with Gasteiger partial charge in [-0.15, -0.1) is 0 Å². The third-order valence-corrected chi connectivity index (χ3v) is 8.27. The Labute approximate surface area is 232 Å². The summed E-state index contributed by atoms with van der Waals surface area (Å²) in [7, 11) is 1.64. The molecule has 7 heteroatoms. The Kier molecular flexibility index (Phi) is 9.54. The van der Waals surface area contributed by atoms with Crippen LogP contribution < -0.4 is 14.4 Å². The number of carboxylic acid groups (broad SMARTS) is 1. The fourth-order valence-electron chi connectivity index (χ4n) is 5.43. The summed E-state index contributed by atoms with van der Waals surface area (Å²) in [5, 5.41) is 18.9. The Balaban J connectivity index is 1.35. The number of carbonyl (C=O) groups excluding carboxylic acids is 1. The second-order valence-electron chi connectivity index (χ2n) is 12.0. The average molecular weight is 538 g/mol. The van der Waals surface area contributed by atoms with Crippen LogP contribution in [0.4, 0.5) is 5.69 Å². The van der Waals surface area contributed by atoms with Crippen LogP contribution in [0.15, 0.2) is 42.5 Å². The molecule has 212 valence electrons. The first-order valence-electron chi connectivity index (χ1n) is 14.2. The normalized spacial score (nSPS) is 17.1. The zero-order valence-electron chi connectivity index (χ0n) is 23.5. The number of Topliss-reactive ketones (excluding diaryl/α,β-unsaturated/α-hetero) is 1. The van der Waals surface area contributed by atoms with Crippen LogP contribution in [0, 0.1) is 17.3 Å². The first kappa shape index (κ1) is 28.9. The fraction of sp³-hybridized carbons (Fsp3) is 0.562. The van der Waals surface area contributed by atoms with Gasteiger partial charge in [0.15, 0.2) is 5.78 Å². The predicted octanol–water partition coefficient (Wildman–Crippen LogP) is 5.94. The van der Waals surface area contributed by atoms with Crippen molar-refractivity contribution in [1.82, 2.24) is 0 Å². The van der Waals surface area contributed by atoms with Crippen LogP contribution in [-0.4, -0.2) is 55.4 Å². The number of methoxy groups -OCH3 is 1. The number of ether oxygens (including phenoxy) is 2. The Bertz CT molecular complexity index is 1130. The standard InChI is InChI=1S/C32H43NO6/c1-32(2,21-34)14-11-30(35)27-10-9-25(38-3)18-29(27)33-15-12-22(13-16-33)20-39-26-6-4-5-24(17-26)28(19-31(36)37)23-7-8-23/h4-6,9-10,17-18,22-23,28,34H,7-8,11-16,19-21H2,1-3H3,(H,36,37). The lowest BCUT2D eigenvalue weighted by atomic mass is 9.87. The van der Waals surface area contributed by atoms with Gasteiger partial charge in [-0.25, -0.2) is 0 Å². The lowest BCUT2D eigenvalue weighted by Crippen LogP contribution is -2.36. The van der Waals surface area contributed by atoms with Crippen LogP contribution in [0.3, 0.4) is 0 Å². The highest BCUT2D eigenvalue weighted by atomic mass is 16.5. The molecule has 0 aromatic heterocycles. The highest BCUT2D eigenvalue weighted by molar-refractivity contribution is 6.01. The first-order chi connectivity index (χ1) is 18.7. The largest absolute Gasteiger partial charge is 0.497 e. The van der Waals surface area contributed by atoms with Crippen LogP contribution in [-0.2, 0) is 4.79 Å². The molecule has 1 atom stereocenters. The van der Waals surface area contributed by atoms with Crippen LogP contribution in [0.2, 0.25) is 0 Å². The van der Waals surface area contributed by atoms with Gasteiger partial charge < -0.3 is 24.6 Å². The van der Waals surface area contributed by atoms with Crippen molar-refractivity contribution >= 4 is 17.4 Å². The summed E-state index contributed by atoms with van der Waals surface area (Å²) in [6.07, 6.45) is 5.29. The van der Waals surface area contributed by atoms with Crippen molar-refractivity contribution < 1.29 is 29.3 Å². The summed E-state index contributed by atoms with van der Waals surface area (Å²) in [6, 6.07) is 13.6. The van der Waals surface area contributed by atoms with E-state index >= 15 is 0 Å².